The van der Waals surface area contributed by atoms with Crippen LogP contribution in [0.2, 0.25) is 0 Å². The predicted octanol–water partition coefficient (Wildman–Crippen LogP) is 1.86. The average Bonchev–Trinajstić information content (AvgIpc) is 2.93. The maximum absolute atomic E-state index is 11.6. The Morgan fingerprint density at radius 2 is 1.88 bits per heavy atom. The van der Waals surface area contributed by atoms with Gasteiger partial charge in [0.05, 0.1) is 10.2 Å². The highest BCUT2D eigenvalue weighted by Gasteiger charge is 2.58. The third-order valence-electron chi connectivity index (χ3n) is 3.03. The van der Waals surface area contributed by atoms with E-state index in [1.165, 1.54) is 6.26 Å². The van der Waals surface area contributed by atoms with Crippen molar-refractivity contribution in [2.45, 2.75) is 11.2 Å². The van der Waals surface area contributed by atoms with Crippen LogP contribution in [0.1, 0.15) is 11.5 Å². The van der Waals surface area contributed by atoms with Crippen molar-refractivity contribution in [3.8, 4) is 0 Å². The summed E-state index contributed by atoms with van der Waals surface area (Å²) in [6, 6.07) is 7.60. The van der Waals surface area contributed by atoms with E-state index in [1.807, 2.05) is 24.3 Å². The number of halogens is 1. The van der Waals surface area contributed by atoms with E-state index in [2.05, 4.69) is 15.9 Å². The number of thiocarbonyl (C=S) groups is 1. The van der Waals surface area contributed by atoms with Crippen molar-refractivity contribution >= 4 is 43.0 Å². The highest BCUT2D eigenvalue weighted by molar-refractivity contribution is 9.10. The molecule has 0 saturated heterocycles. The number of nitrogens with two attached hydrogens (primary N) is 1. The van der Waals surface area contributed by atoms with Crippen molar-refractivity contribution < 1.29 is 8.42 Å². The fourth-order valence-corrected chi connectivity index (χ4v) is 4.50. The zero-order chi connectivity index (χ0) is 12.8. The van der Waals surface area contributed by atoms with Gasteiger partial charge in [-0.15, -0.1) is 0 Å². The first-order valence-electron chi connectivity index (χ1n) is 5.06. The number of rotatable bonds is 3. The van der Waals surface area contributed by atoms with Crippen molar-refractivity contribution in [3.63, 3.8) is 0 Å². The first-order chi connectivity index (χ1) is 7.82. The lowest BCUT2D eigenvalue weighted by atomic mass is 10.1. The normalized spacial score (nSPS) is 27.8. The Balaban J connectivity index is 2.34. The summed E-state index contributed by atoms with van der Waals surface area (Å²) >= 11 is 8.28. The summed E-state index contributed by atoms with van der Waals surface area (Å²) in [7, 11) is -3.11. The van der Waals surface area contributed by atoms with Gasteiger partial charge < -0.3 is 5.73 Å². The summed E-state index contributed by atoms with van der Waals surface area (Å²) in [5.74, 6) is -0.309. The van der Waals surface area contributed by atoms with Gasteiger partial charge in [-0.3, -0.25) is 0 Å². The van der Waals surface area contributed by atoms with Crippen LogP contribution in [0.15, 0.2) is 28.7 Å². The lowest BCUT2D eigenvalue weighted by molar-refractivity contribution is 0.599. The lowest BCUT2D eigenvalue weighted by Gasteiger charge is -1.99. The van der Waals surface area contributed by atoms with Crippen LogP contribution in [0.5, 0.6) is 0 Å². The second-order valence-corrected chi connectivity index (χ2v) is 7.89. The summed E-state index contributed by atoms with van der Waals surface area (Å²) in [6.07, 6.45) is 1.24. The Morgan fingerprint density at radius 1 is 1.35 bits per heavy atom. The van der Waals surface area contributed by atoms with Gasteiger partial charge in [0, 0.05) is 22.6 Å². The van der Waals surface area contributed by atoms with Crippen LogP contribution in [0, 0.1) is 5.92 Å². The summed E-state index contributed by atoms with van der Waals surface area (Å²) in [5.41, 5.74) is 6.57. The molecule has 3 atom stereocenters. The Labute approximate surface area is 114 Å². The summed E-state index contributed by atoms with van der Waals surface area (Å²) < 4.78 is 24.2. The van der Waals surface area contributed by atoms with Crippen LogP contribution < -0.4 is 5.73 Å². The van der Waals surface area contributed by atoms with Gasteiger partial charge in [0.25, 0.3) is 0 Å². The van der Waals surface area contributed by atoms with E-state index in [9.17, 15) is 8.42 Å². The SMILES string of the molecule is CS(=O)(=O)[C@H]1[C@@H](C(N)=S)[C@@H]1c1ccc(Br)cc1. The molecule has 1 aromatic rings. The maximum atomic E-state index is 11.6. The maximum Gasteiger partial charge on any atom is 0.151 e. The summed E-state index contributed by atoms with van der Waals surface area (Å²) in [5, 5.41) is -0.457. The molecule has 17 heavy (non-hydrogen) atoms. The van der Waals surface area contributed by atoms with E-state index in [0.29, 0.717) is 0 Å². The lowest BCUT2D eigenvalue weighted by Crippen LogP contribution is -2.16. The van der Waals surface area contributed by atoms with E-state index < -0.39 is 15.1 Å². The number of hydrogen-bond acceptors (Lipinski definition) is 3. The largest absolute Gasteiger partial charge is 0.393 e. The molecule has 0 aliphatic heterocycles. The van der Waals surface area contributed by atoms with Crippen molar-refractivity contribution in [2.75, 3.05) is 6.26 Å². The predicted molar refractivity (Wildman–Crippen MR) is 75.8 cm³/mol. The monoisotopic (exact) mass is 333 g/mol. The summed E-state index contributed by atoms with van der Waals surface area (Å²) in [6.45, 7) is 0. The number of sulfone groups is 1. The second kappa shape index (κ2) is 4.33. The fourth-order valence-electron chi connectivity index (χ4n) is 2.24. The van der Waals surface area contributed by atoms with Gasteiger partial charge in [-0.1, -0.05) is 40.3 Å². The fraction of sp³-hybridized carbons (Fsp3) is 0.364. The van der Waals surface area contributed by atoms with E-state index in [0.717, 1.165) is 10.0 Å². The van der Waals surface area contributed by atoms with Gasteiger partial charge in [-0.2, -0.15) is 0 Å². The van der Waals surface area contributed by atoms with Crippen LogP contribution in [-0.4, -0.2) is 24.9 Å². The highest BCUT2D eigenvalue weighted by Crippen LogP contribution is 2.52. The van der Waals surface area contributed by atoms with Crippen molar-refractivity contribution in [3.05, 3.63) is 34.3 Å². The molecule has 0 bridgehead atoms. The highest BCUT2D eigenvalue weighted by atomic mass is 79.9. The molecule has 3 nitrogen and oxygen atoms in total. The van der Waals surface area contributed by atoms with Crippen molar-refractivity contribution in [1.29, 1.82) is 0 Å². The molecule has 0 unspecified atom stereocenters. The zero-order valence-corrected chi connectivity index (χ0v) is 12.3. The summed E-state index contributed by atoms with van der Waals surface area (Å²) in [4.78, 5) is 0.286. The molecule has 0 heterocycles. The molecule has 2 N–H and O–H groups in total. The quantitative estimate of drug-likeness (QED) is 0.858. The Kier molecular flexibility index (Phi) is 3.31. The van der Waals surface area contributed by atoms with Crippen molar-refractivity contribution in [1.82, 2.24) is 0 Å². The molecule has 0 aromatic heterocycles. The van der Waals surface area contributed by atoms with Crippen LogP contribution in [-0.2, 0) is 9.84 Å². The van der Waals surface area contributed by atoms with Gasteiger partial charge in [0.1, 0.15) is 0 Å². The molecule has 1 aliphatic carbocycles. The average molecular weight is 334 g/mol. The van der Waals surface area contributed by atoms with Gasteiger partial charge in [0.15, 0.2) is 9.84 Å². The molecule has 1 saturated carbocycles. The molecule has 1 aliphatic rings. The van der Waals surface area contributed by atoms with Crippen LogP contribution in [0.3, 0.4) is 0 Å². The third kappa shape index (κ3) is 2.53. The van der Waals surface area contributed by atoms with E-state index >= 15 is 0 Å². The number of hydrogen-bond donors (Lipinski definition) is 1. The minimum absolute atomic E-state index is 0.0874. The van der Waals surface area contributed by atoms with Gasteiger partial charge in [-0.25, -0.2) is 8.42 Å². The molecule has 1 fully saturated rings. The Morgan fingerprint density at radius 3 is 2.24 bits per heavy atom. The Bertz CT molecular complexity index is 553. The minimum atomic E-state index is -3.11. The minimum Gasteiger partial charge on any atom is -0.393 e. The standard InChI is InChI=1S/C11H12BrNO2S2/c1-17(14,15)10-8(9(10)11(13)16)6-2-4-7(12)5-3-6/h2-5,8-10H,1H3,(H2,13,16)/t8-,9-,10+/m0/s1. The molecule has 2 rings (SSSR count). The van der Waals surface area contributed by atoms with E-state index in [4.69, 9.17) is 18.0 Å². The topological polar surface area (TPSA) is 60.2 Å². The van der Waals surface area contributed by atoms with E-state index in [-0.39, 0.29) is 16.8 Å². The van der Waals surface area contributed by atoms with Gasteiger partial charge in [0.2, 0.25) is 0 Å². The van der Waals surface area contributed by atoms with Crippen LogP contribution >= 0.6 is 28.1 Å². The zero-order valence-electron chi connectivity index (χ0n) is 9.13. The third-order valence-corrected chi connectivity index (χ3v) is 5.41. The van der Waals surface area contributed by atoms with Gasteiger partial charge in [-0.05, 0) is 17.7 Å². The van der Waals surface area contributed by atoms with E-state index in [1.54, 1.807) is 0 Å². The molecule has 0 amide bonds. The first kappa shape index (κ1) is 13.0. The molecular formula is C11H12BrNO2S2. The number of benzene rings is 1. The molecule has 92 valence electrons. The smallest absolute Gasteiger partial charge is 0.151 e. The van der Waals surface area contributed by atoms with Gasteiger partial charge >= 0.3 is 0 Å². The molecular weight excluding hydrogens is 322 g/mol. The Hall–Kier alpha value is -0.460. The van der Waals surface area contributed by atoms with Crippen LogP contribution in [0.25, 0.3) is 0 Å². The molecule has 0 spiro atoms. The molecule has 0 radical (unpaired) electrons. The second-order valence-electron chi connectivity index (χ2n) is 4.30. The van der Waals surface area contributed by atoms with Crippen molar-refractivity contribution in [2.24, 2.45) is 11.7 Å². The van der Waals surface area contributed by atoms with Crippen LogP contribution in [0.4, 0.5) is 0 Å². The first-order valence-corrected chi connectivity index (χ1v) is 8.21. The molecule has 1 aromatic carbocycles. The molecule has 6 heteroatoms.